The molecule has 0 bridgehead atoms. The lowest BCUT2D eigenvalue weighted by molar-refractivity contribution is -0.385. The number of amides is 1. The summed E-state index contributed by atoms with van der Waals surface area (Å²) in [4.78, 5) is 23.5. The lowest BCUT2D eigenvalue weighted by atomic mass is 10.00. The number of carbonyl (C=O) groups excluding carboxylic acids is 1. The molecule has 2 atom stereocenters. The maximum Gasteiger partial charge on any atom is 0.286 e. The molecule has 0 heterocycles. The highest BCUT2D eigenvalue weighted by molar-refractivity contribution is 5.99. The van der Waals surface area contributed by atoms with E-state index in [2.05, 4.69) is 5.32 Å². The van der Waals surface area contributed by atoms with Gasteiger partial charge in [-0.25, -0.2) is 0 Å². The van der Waals surface area contributed by atoms with Gasteiger partial charge in [-0.05, 0) is 18.8 Å². The molecule has 1 aromatic rings. The SMILES string of the molecule is CC[C@H](C[C@H](C)CO)NC(=O)c1cc(OC)c(OCCOC)cc1[N+](=O)[O-]. The molecule has 9 nitrogen and oxygen atoms in total. The van der Waals surface area contributed by atoms with Gasteiger partial charge in [0.05, 0.1) is 24.7 Å². The summed E-state index contributed by atoms with van der Waals surface area (Å²) < 4.78 is 15.6. The van der Waals surface area contributed by atoms with Crippen LogP contribution in [0.4, 0.5) is 5.69 Å². The number of aliphatic hydroxyl groups excluding tert-OH is 1. The number of carbonyl (C=O) groups is 1. The first-order valence-corrected chi connectivity index (χ1v) is 8.77. The van der Waals surface area contributed by atoms with Crippen LogP contribution in [0.5, 0.6) is 11.5 Å². The Labute approximate surface area is 158 Å². The quantitative estimate of drug-likeness (QED) is 0.322. The van der Waals surface area contributed by atoms with Gasteiger partial charge in [0.1, 0.15) is 12.2 Å². The van der Waals surface area contributed by atoms with Crippen LogP contribution in [0.1, 0.15) is 37.0 Å². The third-order valence-corrected chi connectivity index (χ3v) is 4.09. The minimum Gasteiger partial charge on any atom is -0.493 e. The summed E-state index contributed by atoms with van der Waals surface area (Å²) in [7, 11) is 2.90. The summed E-state index contributed by atoms with van der Waals surface area (Å²) in [5.74, 6) is -0.172. The van der Waals surface area contributed by atoms with Crippen molar-refractivity contribution in [1.29, 1.82) is 0 Å². The van der Waals surface area contributed by atoms with Gasteiger partial charge in [0, 0.05) is 25.8 Å². The third kappa shape index (κ3) is 6.69. The highest BCUT2D eigenvalue weighted by Gasteiger charge is 2.26. The minimum atomic E-state index is -0.630. The fourth-order valence-electron chi connectivity index (χ4n) is 2.54. The summed E-state index contributed by atoms with van der Waals surface area (Å²) in [5, 5.41) is 23.4. The fourth-order valence-corrected chi connectivity index (χ4v) is 2.54. The monoisotopic (exact) mass is 384 g/mol. The van der Waals surface area contributed by atoms with Crippen LogP contribution in [0, 0.1) is 16.0 Å². The van der Waals surface area contributed by atoms with Crippen LogP contribution >= 0.6 is 0 Å². The Bertz CT molecular complexity index is 636. The molecule has 9 heteroatoms. The van der Waals surface area contributed by atoms with Gasteiger partial charge in [-0.3, -0.25) is 14.9 Å². The lowest BCUT2D eigenvalue weighted by Gasteiger charge is -2.20. The molecule has 0 fully saturated rings. The first-order valence-electron chi connectivity index (χ1n) is 8.77. The summed E-state index contributed by atoms with van der Waals surface area (Å²) in [6.07, 6.45) is 1.21. The van der Waals surface area contributed by atoms with Crippen molar-refractivity contribution in [2.24, 2.45) is 5.92 Å². The predicted octanol–water partition coefficient (Wildman–Crippen LogP) is 2.16. The molecule has 1 aromatic carbocycles. The molecule has 1 amide bonds. The largest absolute Gasteiger partial charge is 0.493 e. The number of nitro groups is 1. The molecule has 0 saturated carbocycles. The molecule has 0 radical (unpaired) electrons. The van der Waals surface area contributed by atoms with Gasteiger partial charge in [-0.2, -0.15) is 0 Å². The average molecular weight is 384 g/mol. The number of ether oxygens (including phenoxy) is 3. The molecule has 2 N–H and O–H groups in total. The van der Waals surface area contributed by atoms with Gasteiger partial charge in [0.2, 0.25) is 0 Å². The van der Waals surface area contributed by atoms with E-state index < -0.39 is 10.8 Å². The number of hydrogen-bond acceptors (Lipinski definition) is 7. The Morgan fingerprint density at radius 2 is 2.00 bits per heavy atom. The molecule has 0 unspecified atom stereocenters. The second-order valence-corrected chi connectivity index (χ2v) is 6.22. The fraction of sp³-hybridized carbons (Fsp3) is 0.611. The van der Waals surface area contributed by atoms with Crippen LogP contribution in [0.25, 0.3) is 0 Å². The number of aliphatic hydroxyl groups is 1. The van der Waals surface area contributed by atoms with E-state index in [0.29, 0.717) is 19.4 Å². The zero-order valence-electron chi connectivity index (χ0n) is 16.2. The van der Waals surface area contributed by atoms with Crippen molar-refractivity contribution in [3.8, 4) is 11.5 Å². The number of nitro benzene ring substituents is 1. The maximum atomic E-state index is 12.7. The number of hydrogen-bond donors (Lipinski definition) is 2. The molecule has 0 saturated heterocycles. The Morgan fingerprint density at radius 1 is 1.30 bits per heavy atom. The first-order chi connectivity index (χ1) is 12.9. The van der Waals surface area contributed by atoms with Crippen molar-refractivity contribution in [3.05, 3.63) is 27.8 Å². The van der Waals surface area contributed by atoms with Crippen molar-refractivity contribution >= 4 is 11.6 Å². The first kappa shape index (κ1) is 22.7. The molecule has 0 spiro atoms. The van der Waals surface area contributed by atoms with Crippen LogP contribution in [-0.4, -0.2) is 56.0 Å². The van der Waals surface area contributed by atoms with Crippen LogP contribution in [0.15, 0.2) is 12.1 Å². The number of benzene rings is 1. The molecule has 0 aliphatic rings. The maximum absolute atomic E-state index is 12.7. The second-order valence-electron chi connectivity index (χ2n) is 6.22. The van der Waals surface area contributed by atoms with E-state index in [9.17, 15) is 20.0 Å². The van der Waals surface area contributed by atoms with Crippen molar-refractivity contribution in [2.45, 2.75) is 32.7 Å². The minimum absolute atomic E-state index is 0.00779. The molecule has 0 aliphatic heterocycles. The molecule has 1 rings (SSSR count). The molecular formula is C18H28N2O7. The van der Waals surface area contributed by atoms with Crippen LogP contribution in [0.3, 0.4) is 0 Å². The second kappa shape index (κ2) is 11.3. The normalized spacial score (nSPS) is 12.9. The standard InChI is InChI=1S/C18H28N2O7/c1-5-13(8-12(2)11-21)19-18(22)14-9-16(26-4)17(27-7-6-25-3)10-15(14)20(23)24/h9-10,12-13,21H,5-8,11H2,1-4H3,(H,19,22)/t12-,13+/m0/s1. The Morgan fingerprint density at radius 3 is 2.52 bits per heavy atom. The highest BCUT2D eigenvalue weighted by atomic mass is 16.6. The molecular weight excluding hydrogens is 356 g/mol. The summed E-state index contributed by atoms with van der Waals surface area (Å²) in [6, 6.07) is 2.28. The lowest BCUT2D eigenvalue weighted by Crippen LogP contribution is -2.36. The van der Waals surface area contributed by atoms with Crippen molar-refractivity contribution in [2.75, 3.05) is 34.0 Å². The van der Waals surface area contributed by atoms with E-state index in [0.717, 1.165) is 0 Å². The Balaban J connectivity index is 3.12. The summed E-state index contributed by atoms with van der Waals surface area (Å²) in [5.41, 5.74) is -0.475. The molecule has 152 valence electrons. The van der Waals surface area contributed by atoms with E-state index in [4.69, 9.17) is 14.2 Å². The van der Waals surface area contributed by atoms with E-state index in [-0.39, 0.29) is 47.9 Å². The molecule has 0 aliphatic carbocycles. The number of methoxy groups -OCH3 is 2. The van der Waals surface area contributed by atoms with Crippen molar-refractivity contribution in [3.63, 3.8) is 0 Å². The average Bonchev–Trinajstić information content (AvgIpc) is 2.66. The zero-order chi connectivity index (χ0) is 20.4. The van der Waals surface area contributed by atoms with Gasteiger partial charge in [-0.15, -0.1) is 0 Å². The van der Waals surface area contributed by atoms with Gasteiger partial charge in [0.15, 0.2) is 11.5 Å². The van der Waals surface area contributed by atoms with Crippen molar-refractivity contribution < 1.29 is 29.0 Å². The smallest absolute Gasteiger partial charge is 0.286 e. The zero-order valence-corrected chi connectivity index (χ0v) is 16.2. The van der Waals surface area contributed by atoms with Gasteiger partial charge < -0.3 is 24.6 Å². The number of nitrogens with zero attached hydrogens (tertiary/aromatic N) is 1. The summed E-state index contributed by atoms with van der Waals surface area (Å²) >= 11 is 0. The van der Waals surface area contributed by atoms with E-state index in [1.54, 1.807) is 0 Å². The van der Waals surface area contributed by atoms with Crippen LogP contribution in [-0.2, 0) is 4.74 Å². The third-order valence-electron chi connectivity index (χ3n) is 4.09. The van der Waals surface area contributed by atoms with Crippen molar-refractivity contribution in [1.82, 2.24) is 5.32 Å². The van der Waals surface area contributed by atoms with Gasteiger partial charge in [-0.1, -0.05) is 13.8 Å². The molecule has 0 aromatic heterocycles. The van der Waals surface area contributed by atoms with Crippen LogP contribution in [0.2, 0.25) is 0 Å². The van der Waals surface area contributed by atoms with E-state index in [1.165, 1.54) is 26.4 Å². The Kier molecular flexibility index (Phi) is 9.52. The van der Waals surface area contributed by atoms with E-state index >= 15 is 0 Å². The van der Waals surface area contributed by atoms with Gasteiger partial charge >= 0.3 is 0 Å². The predicted molar refractivity (Wildman–Crippen MR) is 99.4 cm³/mol. The highest BCUT2D eigenvalue weighted by Crippen LogP contribution is 2.35. The summed E-state index contributed by atoms with van der Waals surface area (Å²) in [6.45, 7) is 4.27. The number of nitrogens with one attached hydrogen (secondary N) is 1. The van der Waals surface area contributed by atoms with E-state index in [1.807, 2.05) is 13.8 Å². The van der Waals surface area contributed by atoms with Crippen LogP contribution < -0.4 is 14.8 Å². The van der Waals surface area contributed by atoms with Gasteiger partial charge in [0.25, 0.3) is 11.6 Å². The number of rotatable bonds is 12. The Hall–Kier alpha value is -2.39. The topological polar surface area (TPSA) is 120 Å². The molecule has 27 heavy (non-hydrogen) atoms.